The standard InChI is InChI=1S/C17H22N3.Y/c1-10-11(2)13(4)17(14(5)12(10)3)20(7)16-8-9-18-15(6)19-16;/h8H,1-7H3;/q-1;. The van der Waals surface area contributed by atoms with Gasteiger partial charge in [-0.2, -0.15) is 0 Å². The largest absolute Gasteiger partial charge is 0.382 e. The Bertz CT molecular complexity index is 636. The molecule has 0 fully saturated rings. The molecule has 4 heteroatoms. The molecule has 0 amide bonds. The van der Waals surface area contributed by atoms with Gasteiger partial charge in [0.15, 0.2) is 0 Å². The predicted molar refractivity (Wildman–Crippen MR) is 83.8 cm³/mol. The van der Waals surface area contributed by atoms with E-state index in [1.165, 1.54) is 33.5 Å². The summed E-state index contributed by atoms with van der Waals surface area (Å²) in [6.07, 6.45) is 2.91. The van der Waals surface area contributed by atoms with E-state index in [-0.39, 0.29) is 32.7 Å². The quantitative estimate of drug-likeness (QED) is 0.764. The van der Waals surface area contributed by atoms with Gasteiger partial charge in [-0.15, -0.1) is 6.07 Å². The van der Waals surface area contributed by atoms with E-state index in [2.05, 4.69) is 62.7 Å². The molecule has 0 aliphatic carbocycles. The number of aryl methyl sites for hydroxylation is 1. The Balaban J connectivity index is 0.00000220. The molecule has 1 aromatic heterocycles. The van der Waals surface area contributed by atoms with Gasteiger partial charge in [0, 0.05) is 57.1 Å². The summed E-state index contributed by atoms with van der Waals surface area (Å²) >= 11 is 0. The Morgan fingerprint density at radius 3 is 1.81 bits per heavy atom. The molecule has 2 rings (SSSR count). The molecule has 1 radical (unpaired) electrons. The molecule has 0 saturated carbocycles. The number of hydrogen-bond acceptors (Lipinski definition) is 3. The van der Waals surface area contributed by atoms with E-state index >= 15 is 0 Å². The van der Waals surface area contributed by atoms with Crippen molar-refractivity contribution in [3.05, 3.63) is 45.9 Å². The van der Waals surface area contributed by atoms with Crippen LogP contribution < -0.4 is 4.90 Å². The van der Waals surface area contributed by atoms with Gasteiger partial charge in [-0.25, -0.2) is 0 Å². The first-order valence-corrected chi connectivity index (χ1v) is 6.87. The van der Waals surface area contributed by atoms with Crippen LogP contribution in [0.5, 0.6) is 0 Å². The van der Waals surface area contributed by atoms with E-state index in [1.807, 2.05) is 13.0 Å². The van der Waals surface area contributed by atoms with Crippen molar-refractivity contribution in [1.29, 1.82) is 0 Å². The van der Waals surface area contributed by atoms with Crippen molar-refractivity contribution in [3.63, 3.8) is 0 Å². The van der Waals surface area contributed by atoms with Crippen molar-refractivity contribution in [1.82, 2.24) is 9.97 Å². The summed E-state index contributed by atoms with van der Waals surface area (Å²) in [7, 11) is 2.05. The van der Waals surface area contributed by atoms with E-state index in [4.69, 9.17) is 0 Å². The Morgan fingerprint density at radius 2 is 1.33 bits per heavy atom. The van der Waals surface area contributed by atoms with Crippen molar-refractivity contribution in [3.8, 4) is 0 Å². The van der Waals surface area contributed by atoms with Crippen LogP contribution in [0.1, 0.15) is 33.6 Å². The fraction of sp³-hybridized carbons (Fsp3) is 0.412. The molecule has 0 bridgehead atoms. The fourth-order valence-corrected chi connectivity index (χ4v) is 2.68. The Kier molecular flexibility index (Phi) is 6.06. The third-order valence-electron chi connectivity index (χ3n) is 4.34. The smallest absolute Gasteiger partial charge is 0.0374 e. The minimum absolute atomic E-state index is 0. The summed E-state index contributed by atoms with van der Waals surface area (Å²) in [5.74, 6) is 1.62. The summed E-state index contributed by atoms with van der Waals surface area (Å²) in [4.78, 5) is 10.7. The predicted octanol–water partition coefficient (Wildman–Crippen LogP) is 3.89. The Hall–Kier alpha value is -0.796. The van der Waals surface area contributed by atoms with E-state index in [9.17, 15) is 0 Å². The molecule has 21 heavy (non-hydrogen) atoms. The summed E-state index contributed by atoms with van der Waals surface area (Å²) < 4.78 is 0. The number of rotatable bonds is 2. The molecule has 0 aliphatic rings. The molecule has 0 unspecified atom stereocenters. The van der Waals surface area contributed by atoms with Gasteiger partial charge in [0.25, 0.3) is 0 Å². The van der Waals surface area contributed by atoms with Crippen molar-refractivity contribution in [2.45, 2.75) is 41.5 Å². The average Bonchev–Trinajstić information content (AvgIpc) is 2.43. The second-order valence-corrected chi connectivity index (χ2v) is 5.44. The van der Waals surface area contributed by atoms with Crippen LogP contribution >= 0.6 is 0 Å². The molecular formula is C17H22N3Y-. The van der Waals surface area contributed by atoms with Crippen molar-refractivity contribution < 1.29 is 32.7 Å². The summed E-state index contributed by atoms with van der Waals surface area (Å²) in [5.41, 5.74) is 7.93. The van der Waals surface area contributed by atoms with Crippen molar-refractivity contribution >= 4 is 11.5 Å². The van der Waals surface area contributed by atoms with Crippen LogP contribution in [0, 0.1) is 47.7 Å². The van der Waals surface area contributed by atoms with Gasteiger partial charge in [-0.3, -0.25) is 0 Å². The first-order chi connectivity index (χ1) is 9.34. The zero-order valence-electron chi connectivity index (χ0n) is 14.0. The number of benzene rings is 1. The second kappa shape index (κ2) is 6.98. The van der Waals surface area contributed by atoms with E-state index < -0.39 is 0 Å². The van der Waals surface area contributed by atoms with Gasteiger partial charge in [0.05, 0.1) is 0 Å². The summed E-state index contributed by atoms with van der Waals surface area (Å²) in [6, 6.07) is 1.83. The molecule has 0 aliphatic heterocycles. The minimum atomic E-state index is 0. The average molecular weight is 357 g/mol. The zero-order chi connectivity index (χ0) is 15.0. The zero-order valence-corrected chi connectivity index (χ0v) is 16.8. The maximum atomic E-state index is 4.50. The molecule has 1 heterocycles. The van der Waals surface area contributed by atoms with Gasteiger partial charge in [-0.05, 0) is 62.4 Å². The van der Waals surface area contributed by atoms with Crippen LogP contribution in [0.3, 0.4) is 0 Å². The SMILES string of the molecule is Cc1n[c-]cc(N(C)c2c(C)c(C)c(C)c(C)c2C)n1.[Y]. The Labute approximate surface area is 153 Å². The van der Waals surface area contributed by atoms with E-state index in [0.717, 1.165) is 11.6 Å². The molecule has 2 aromatic rings. The number of nitrogens with zero attached hydrogens (tertiary/aromatic N) is 3. The monoisotopic (exact) mass is 357 g/mol. The maximum Gasteiger partial charge on any atom is 0.0374 e. The topological polar surface area (TPSA) is 29.0 Å². The van der Waals surface area contributed by atoms with Crippen LogP contribution in [0.4, 0.5) is 11.5 Å². The summed E-state index contributed by atoms with van der Waals surface area (Å²) in [6.45, 7) is 12.8. The number of hydrogen-bond donors (Lipinski definition) is 0. The van der Waals surface area contributed by atoms with Crippen LogP contribution in [-0.4, -0.2) is 17.0 Å². The molecule has 0 atom stereocenters. The fourth-order valence-electron chi connectivity index (χ4n) is 2.68. The van der Waals surface area contributed by atoms with Crippen molar-refractivity contribution in [2.75, 3.05) is 11.9 Å². The molecule has 0 saturated heterocycles. The van der Waals surface area contributed by atoms with Gasteiger partial charge in [-0.1, -0.05) is 13.1 Å². The van der Waals surface area contributed by atoms with Crippen LogP contribution in [-0.2, 0) is 32.7 Å². The van der Waals surface area contributed by atoms with Crippen molar-refractivity contribution in [2.24, 2.45) is 0 Å². The van der Waals surface area contributed by atoms with Crippen LogP contribution in [0.15, 0.2) is 6.07 Å². The van der Waals surface area contributed by atoms with Crippen LogP contribution in [0.2, 0.25) is 0 Å². The third kappa shape index (κ3) is 3.35. The molecule has 3 nitrogen and oxygen atoms in total. The number of aromatic nitrogens is 2. The first-order valence-electron chi connectivity index (χ1n) is 6.87. The maximum absolute atomic E-state index is 4.50. The molecular weight excluding hydrogens is 335 g/mol. The molecule has 0 spiro atoms. The van der Waals surface area contributed by atoms with E-state index in [1.54, 1.807) is 0 Å². The first kappa shape index (κ1) is 18.3. The van der Waals surface area contributed by atoms with Crippen LogP contribution in [0.25, 0.3) is 0 Å². The number of anilines is 2. The third-order valence-corrected chi connectivity index (χ3v) is 4.34. The van der Waals surface area contributed by atoms with E-state index in [0.29, 0.717) is 0 Å². The molecule has 1 aromatic carbocycles. The van der Waals surface area contributed by atoms with Gasteiger partial charge >= 0.3 is 0 Å². The minimum Gasteiger partial charge on any atom is -0.382 e. The normalized spacial score (nSPS) is 10.2. The molecule has 109 valence electrons. The molecule has 0 N–H and O–H groups in total. The van der Waals surface area contributed by atoms with Gasteiger partial charge < -0.3 is 14.9 Å². The Morgan fingerprint density at radius 1 is 0.857 bits per heavy atom. The van der Waals surface area contributed by atoms with Gasteiger partial charge in [0.2, 0.25) is 0 Å². The second-order valence-electron chi connectivity index (χ2n) is 5.44. The van der Waals surface area contributed by atoms with Gasteiger partial charge in [0.1, 0.15) is 0 Å². The summed E-state index contributed by atoms with van der Waals surface area (Å²) in [5, 5.41) is 0.